The Morgan fingerprint density at radius 1 is 1.17 bits per heavy atom. The third-order valence-electron chi connectivity index (χ3n) is 2.94. The summed E-state index contributed by atoms with van der Waals surface area (Å²) in [6, 6.07) is 0.0774. The van der Waals surface area contributed by atoms with Gasteiger partial charge in [-0.25, -0.2) is 13.6 Å². The van der Waals surface area contributed by atoms with Crippen LogP contribution >= 0.6 is 11.8 Å². The maximum atomic E-state index is 13.6. The van der Waals surface area contributed by atoms with Gasteiger partial charge in [0.15, 0.2) is 0 Å². The van der Waals surface area contributed by atoms with E-state index in [1.165, 1.54) is 0 Å². The van der Waals surface area contributed by atoms with Crippen LogP contribution in [0, 0.1) is 17.6 Å². The molecule has 100 valence electrons. The maximum absolute atomic E-state index is 13.6. The van der Waals surface area contributed by atoms with Gasteiger partial charge >= 0.3 is 6.18 Å². The van der Waals surface area contributed by atoms with E-state index in [0.29, 0.717) is 6.07 Å². The fourth-order valence-corrected chi connectivity index (χ4v) is 2.14. The Labute approximate surface area is 105 Å². The van der Waals surface area contributed by atoms with Gasteiger partial charge in [-0.05, 0) is 42.7 Å². The molecule has 7 heteroatoms. The Balaban J connectivity index is 2.42. The van der Waals surface area contributed by atoms with Gasteiger partial charge in [-0.1, -0.05) is 0 Å². The predicted octanol–water partition coefficient (Wildman–Crippen LogP) is 4.18. The quantitative estimate of drug-likeness (QED) is 0.649. The molecule has 0 bridgehead atoms. The number of benzene rings is 1. The number of halogens is 6. The minimum Gasteiger partial charge on any atom is -0.226 e. The highest BCUT2D eigenvalue weighted by Gasteiger charge is 2.38. The van der Waals surface area contributed by atoms with Crippen molar-refractivity contribution in [3.05, 3.63) is 34.9 Å². The zero-order valence-electron chi connectivity index (χ0n) is 8.99. The van der Waals surface area contributed by atoms with E-state index in [1.54, 1.807) is 0 Å². The molecule has 1 atom stereocenters. The van der Waals surface area contributed by atoms with Crippen LogP contribution in [0.2, 0.25) is 0 Å². The van der Waals surface area contributed by atoms with E-state index >= 15 is 0 Å². The fourth-order valence-electron chi connectivity index (χ4n) is 1.85. The van der Waals surface area contributed by atoms with Crippen molar-refractivity contribution in [1.82, 2.24) is 4.84 Å². The number of alkyl halides is 3. The molecule has 0 spiro atoms. The van der Waals surface area contributed by atoms with Crippen LogP contribution in [-0.4, -0.2) is 0 Å². The second-order valence-electron chi connectivity index (χ2n) is 4.28. The first-order valence-electron chi connectivity index (χ1n) is 5.27. The Morgan fingerprint density at radius 2 is 1.78 bits per heavy atom. The lowest BCUT2D eigenvalue weighted by Crippen LogP contribution is -2.17. The summed E-state index contributed by atoms with van der Waals surface area (Å²) in [4.78, 5) is 2.29. The molecule has 18 heavy (non-hydrogen) atoms. The summed E-state index contributed by atoms with van der Waals surface area (Å²) in [6.45, 7) is 0. The topological polar surface area (TPSA) is 12.0 Å². The van der Waals surface area contributed by atoms with Crippen LogP contribution in [0.5, 0.6) is 0 Å². The van der Waals surface area contributed by atoms with Crippen LogP contribution in [0.1, 0.15) is 30.0 Å². The van der Waals surface area contributed by atoms with E-state index < -0.39 is 29.4 Å². The first-order valence-corrected chi connectivity index (χ1v) is 5.64. The lowest BCUT2D eigenvalue weighted by Gasteiger charge is -2.17. The van der Waals surface area contributed by atoms with Crippen LogP contribution in [0.15, 0.2) is 12.1 Å². The first-order chi connectivity index (χ1) is 8.34. The molecule has 1 aliphatic carbocycles. The lowest BCUT2D eigenvalue weighted by atomic mass is 10.0. The SMILES string of the molecule is Fc1cc(C(F)(F)F)c(F)cc1C(NCl)C1CC1. The van der Waals surface area contributed by atoms with E-state index in [2.05, 4.69) is 4.84 Å². The largest absolute Gasteiger partial charge is 0.419 e. The molecule has 2 rings (SSSR count). The molecule has 0 heterocycles. The molecule has 0 aliphatic heterocycles. The molecule has 0 amide bonds. The van der Waals surface area contributed by atoms with Crippen molar-refractivity contribution >= 4 is 11.8 Å². The van der Waals surface area contributed by atoms with Crippen LogP contribution in [0.25, 0.3) is 0 Å². The van der Waals surface area contributed by atoms with Gasteiger partial charge in [-0.2, -0.15) is 13.2 Å². The van der Waals surface area contributed by atoms with Gasteiger partial charge in [0.2, 0.25) is 0 Å². The molecule has 0 aromatic heterocycles. The zero-order valence-corrected chi connectivity index (χ0v) is 9.75. The summed E-state index contributed by atoms with van der Waals surface area (Å²) in [5, 5.41) is 0. The molecule has 1 fully saturated rings. The summed E-state index contributed by atoms with van der Waals surface area (Å²) in [5.74, 6) is -2.56. The van der Waals surface area contributed by atoms with Gasteiger partial charge in [0, 0.05) is 5.56 Å². The Kier molecular flexibility index (Phi) is 3.51. The van der Waals surface area contributed by atoms with Gasteiger partial charge in [-0.3, -0.25) is 0 Å². The van der Waals surface area contributed by atoms with Crippen molar-refractivity contribution in [2.75, 3.05) is 0 Å². The number of nitrogens with one attached hydrogen (secondary N) is 1. The Morgan fingerprint density at radius 3 is 2.22 bits per heavy atom. The van der Waals surface area contributed by atoms with Gasteiger partial charge < -0.3 is 0 Å². The molecular weight excluding hydrogens is 277 g/mol. The van der Waals surface area contributed by atoms with Crippen molar-refractivity contribution < 1.29 is 22.0 Å². The zero-order chi connectivity index (χ0) is 13.5. The minimum atomic E-state index is -4.91. The van der Waals surface area contributed by atoms with Crippen molar-refractivity contribution in [3.63, 3.8) is 0 Å². The average Bonchev–Trinajstić information content (AvgIpc) is 3.06. The van der Waals surface area contributed by atoms with E-state index in [-0.39, 0.29) is 17.5 Å². The molecule has 0 radical (unpaired) electrons. The monoisotopic (exact) mass is 285 g/mol. The van der Waals surface area contributed by atoms with Crippen LogP contribution in [-0.2, 0) is 6.18 Å². The molecule has 1 aromatic carbocycles. The number of rotatable bonds is 3. The van der Waals surface area contributed by atoms with Gasteiger partial charge in [0.25, 0.3) is 0 Å². The summed E-state index contributed by atoms with van der Waals surface area (Å²) in [5.41, 5.74) is -1.77. The van der Waals surface area contributed by atoms with Crippen molar-refractivity contribution in [1.29, 1.82) is 0 Å². The highest BCUT2D eigenvalue weighted by atomic mass is 35.5. The van der Waals surface area contributed by atoms with Crippen molar-refractivity contribution in [2.45, 2.75) is 25.1 Å². The average molecular weight is 286 g/mol. The van der Waals surface area contributed by atoms with E-state index in [0.717, 1.165) is 12.8 Å². The molecular formula is C11H9ClF5N. The van der Waals surface area contributed by atoms with E-state index in [4.69, 9.17) is 11.8 Å². The smallest absolute Gasteiger partial charge is 0.226 e. The highest BCUT2D eigenvalue weighted by molar-refractivity contribution is 6.13. The van der Waals surface area contributed by atoms with Crippen LogP contribution in [0.3, 0.4) is 0 Å². The fraction of sp³-hybridized carbons (Fsp3) is 0.455. The standard InChI is InChI=1S/C11H9ClF5N/c12-18-10(5-1-2-5)6-3-9(14)7(4-8(6)13)11(15,16)17/h3-5,10,18H,1-2H2. The van der Waals surface area contributed by atoms with Crippen LogP contribution in [0.4, 0.5) is 22.0 Å². The van der Waals surface area contributed by atoms with Gasteiger partial charge in [0.1, 0.15) is 11.6 Å². The van der Waals surface area contributed by atoms with Crippen LogP contribution < -0.4 is 4.84 Å². The summed E-state index contributed by atoms with van der Waals surface area (Å²) < 4.78 is 64.1. The minimum absolute atomic E-state index is 0.0353. The molecule has 1 saturated carbocycles. The van der Waals surface area contributed by atoms with Gasteiger partial charge in [-0.15, -0.1) is 0 Å². The van der Waals surface area contributed by atoms with Gasteiger partial charge in [0.05, 0.1) is 11.6 Å². The first kappa shape index (κ1) is 13.5. The van der Waals surface area contributed by atoms with Crippen molar-refractivity contribution in [3.8, 4) is 0 Å². The molecule has 1 unspecified atom stereocenters. The normalized spacial score (nSPS) is 17.9. The van der Waals surface area contributed by atoms with E-state index in [1.807, 2.05) is 0 Å². The predicted molar refractivity (Wildman–Crippen MR) is 55.8 cm³/mol. The maximum Gasteiger partial charge on any atom is 0.419 e. The summed E-state index contributed by atoms with van der Waals surface area (Å²) in [7, 11) is 0. The Bertz CT molecular complexity index is 455. The summed E-state index contributed by atoms with van der Waals surface area (Å²) in [6.07, 6.45) is -3.34. The molecule has 1 aromatic rings. The lowest BCUT2D eigenvalue weighted by molar-refractivity contribution is -0.140. The highest BCUT2D eigenvalue weighted by Crippen LogP contribution is 2.43. The third kappa shape index (κ3) is 2.59. The molecule has 1 N–H and O–H groups in total. The molecule has 1 nitrogen and oxygen atoms in total. The molecule has 0 saturated heterocycles. The van der Waals surface area contributed by atoms with E-state index in [9.17, 15) is 22.0 Å². The second-order valence-corrected chi connectivity index (χ2v) is 4.49. The molecule has 1 aliphatic rings. The van der Waals surface area contributed by atoms with Crippen molar-refractivity contribution in [2.24, 2.45) is 5.92 Å². The third-order valence-corrected chi connectivity index (χ3v) is 3.17. The number of hydrogen-bond donors (Lipinski definition) is 1. The number of hydrogen-bond acceptors (Lipinski definition) is 1. The Hall–Kier alpha value is -0.880. The summed E-state index contributed by atoms with van der Waals surface area (Å²) >= 11 is 5.43. The second kappa shape index (κ2) is 4.66.